The van der Waals surface area contributed by atoms with Gasteiger partial charge in [-0.1, -0.05) is 72.8 Å². The predicted molar refractivity (Wildman–Crippen MR) is 131 cm³/mol. The number of hydrogen-bond donors (Lipinski definition) is 0. The van der Waals surface area contributed by atoms with Gasteiger partial charge < -0.3 is 9.64 Å². The minimum absolute atomic E-state index is 0.0174. The zero-order chi connectivity index (χ0) is 23.4. The van der Waals surface area contributed by atoms with Crippen LogP contribution in [0.4, 0.5) is 4.79 Å². The van der Waals surface area contributed by atoms with Crippen molar-refractivity contribution in [1.29, 1.82) is 0 Å². The molecule has 0 saturated carbocycles. The number of piperazine rings is 1. The highest BCUT2D eigenvalue weighted by molar-refractivity contribution is 5.88. The Morgan fingerprint density at radius 3 is 2.33 bits per heavy atom. The molecule has 3 aromatic rings. The smallest absolute Gasteiger partial charge is 0.411 e. The van der Waals surface area contributed by atoms with E-state index >= 15 is 0 Å². The van der Waals surface area contributed by atoms with Gasteiger partial charge in [-0.15, -0.1) is 0 Å². The molecule has 1 unspecified atom stereocenters. The molecule has 0 spiro atoms. The van der Waals surface area contributed by atoms with E-state index in [-0.39, 0.29) is 5.91 Å². The number of carbonyl (C=O) groups is 2. The maximum Gasteiger partial charge on any atom is 0.411 e. The number of carbonyl (C=O) groups excluding carboxylic acids is 2. The van der Waals surface area contributed by atoms with Crippen molar-refractivity contribution in [2.24, 2.45) is 0 Å². The quantitative estimate of drug-likeness (QED) is 0.552. The van der Waals surface area contributed by atoms with E-state index in [9.17, 15) is 9.59 Å². The molecule has 1 aliphatic rings. The molecular formula is C28H32N2O3. The van der Waals surface area contributed by atoms with Gasteiger partial charge in [0.15, 0.2) is 0 Å². The molecule has 3 aromatic carbocycles. The van der Waals surface area contributed by atoms with Gasteiger partial charge in [0.25, 0.3) is 0 Å². The number of amides is 2. The summed E-state index contributed by atoms with van der Waals surface area (Å²) in [5.74, 6) is -0.0174. The Labute approximate surface area is 195 Å². The van der Waals surface area contributed by atoms with Gasteiger partial charge in [0, 0.05) is 26.1 Å². The summed E-state index contributed by atoms with van der Waals surface area (Å²) in [6.45, 7) is 7.16. The van der Waals surface area contributed by atoms with Crippen molar-refractivity contribution in [3.8, 4) is 0 Å². The second kappa shape index (κ2) is 9.65. The van der Waals surface area contributed by atoms with E-state index in [1.807, 2.05) is 62.1 Å². The van der Waals surface area contributed by atoms with Crippen molar-refractivity contribution in [2.75, 3.05) is 19.6 Å². The Kier molecular flexibility index (Phi) is 6.68. The molecule has 1 fully saturated rings. The largest absolute Gasteiger partial charge is 0.444 e. The third kappa shape index (κ3) is 5.72. The highest BCUT2D eigenvalue weighted by atomic mass is 16.6. The van der Waals surface area contributed by atoms with Crippen molar-refractivity contribution >= 4 is 22.8 Å². The van der Waals surface area contributed by atoms with Gasteiger partial charge in [0.1, 0.15) is 11.6 Å². The van der Waals surface area contributed by atoms with E-state index in [1.54, 1.807) is 4.90 Å². The Bertz CT molecular complexity index is 1120. The van der Waals surface area contributed by atoms with Crippen LogP contribution < -0.4 is 0 Å². The van der Waals surface area contributed by atoms with Crippen LogP contribution in [0.25, 0.3) is 10.8 Å². The van der Waals surface area contributed by atoms with Crippen molar-refractivity contribution in [2.45, 2.75) is 45.3 Å². The Morgan fingerprint density at radius 2 is 1.61 bits per heavy atom. The van der Waals surface area contributed by atoms with Gasteiger partial charge in [-0.05, 0) is 49.1 Å². The first kappa shape index (κ1) is 22.8. The minimum Gasteiger partial charge on any atom is -0.444 e. The van der Waals surface area contributed by atoms with Crippen molar-refractivity contribution < 1.29 is 14.3 Å². The van der Waals surface area contributed by atoms with Gasteiger partial charge in [-0.25, -0.2) is 4.79 Å². The van der Waals surface area contributed by atoms with E-state index in [0.717, 1.165) is 22.8 Å². The van der Waals surface area contributed by atoms with E-state index in [0.29, 0.717) is 26.1 Å². The van der Waals surface area contributed by atoms with Crippen LogP contribution in [0.5, 0.6) is 0 Å². The summed E-state index contributed by atoms with van der Waals surface area (Å²) < 4.78 is 5.64. The normalized spacial score (nSPS) is 16.8. The van der Waals surface area contributed by atoms with Crippen LogP contribution in [0.3, 0.4) is 0 Å². The summed E-state index contributed by atoms with van der Waals surface area (Å²) in [6.07, 6.45) is 0.830. The molecule has 1 saturated heterocycles. The van der Waals surface area contributed by atoms with E-state index in [2.05, 4.69) is 36.4 Å². The highest BCUT2D eigenvalue weighted by Crippen LogP contribution is 2.23. The predicted octanol–water partition coefficient (Wildman–Crippen LogP) is 5.07. The lowest BCUT2D eigenvalue weighted by Gasteiger charge is -2.41. The molecule has 0 radical (unpaired) electrons. The van der Waals surface area contributed by atoms with E-state index in [1.165, 1.54) is 5.56 Å². The first-order valence-corrected chi connectivity index (χ1v) is 11.6. The second-order valence-electron chi connectivity index (χ2n) is 9.64. The molecule has 0 aliphatic carbocycles. The van der Waals surface area contributed by atoms with Gasteiger partial charge >= 0.3 is 6.09 Å². The third-order valence-corrected chi connectivity index (χ3v) is 5.97. The Hall–Kier alpha value is -3.34. The van der Waals surface area contributed by atoms with Crippen molar-refractivity contribution in [3.63, 3.8) is 0 Å². The molecule has 4 rings (SSSR count). The summed E-state index contributed by atoms with van der Waals surface area (Å²) in [5, 5.41) is 2.28. The molecule has 1 atom stereocenters. The fraction of sp³-hybridized carbons (Fsp3) is 0.357. The number of rotatable bonds is 5. The third-order valence-electron chi connectivity index (χ3n) is 5.97. The molecule has 1 heterocycles. The van der Waals surface area contributed by atoms with Crippen LogP contribution in [-0.4, -0.2) is 53.1 Å². The summed E-state index contributed by atoms with van der Waals surface area (Å²) in [5.41, 5.74) is 1.62. The van der Waals surface area contributed by atoms with E-state index < -0.39 is 17.7 Å². The van der Waals surface area contributed by atoms with Crippen LogP contribution in [0.1, 0.15) is 31.9 Å². The number of nitrogens with zero attached hydrogens (tertiary/aromatic N) is 2. The number of fused-ring (bicyclic) bond motifs is 1. The van der Waals surface area contributed by atoms with Crippen molar-refractivity contribution in [1.82, 2.24) is 9.80 Å². The van der Waals surface area contributed by atoms with Crippen LogP contribution in [0.15, 0.2) is 72.8 Å². The van der Waals surface area contributed by atoms with Gasteiger partial charge in [-0.2, -0.15) is 0 Å². The fourth-order valence-corrected chi connectivity index (χ4v) is 4.29. The maximum absolute atomic E-state index is 13.6. The zero-order valence-corrected chi connectivity index (χ0v) is 19.7. The highest BCUT2D eigenvalue weighted by Gasteiger charge is 2.39. The summed E-state index contributed by atoms with van der Waals surface area (Å²) in [4.78, 5) is 30.1. The molecular weight excluding hydrogens is 412 g/mol. The van der Waals surface area contributed by atoms with Crippen LogP contribution in [0.2, 0.25) is 0 Å². The molecule has 0 bridgehead atoms. The lowest BCUT2D eigenvalue weighted by molar-refractivity contribution is -0.141. The summed E-state index contributed by atoms with van der Waals surface area (Å²) in [6, 6.07) is 24.0. The lowest BCUT2D eigenvalue weighted by Crippen LogP contribution is -2.60. The van der Waals surface area contributed by atoms with Gasteiger partial charge in [0.2, 0.25) is 5.91 Å². The molecule has 5 nitrogen and oxygen atoms in total. The van der Waals surface area contributed by atoms with Crippen molar-refractivity contribution in [3.05, 3.63) is 83.9 Å². The van der Waals surface area contributed by atoms with Crippen LogP contribution in [0, 0.1) is 0 Å². The number of hydrogen-bond acceptors (Lipinski definition) is 3. The molecule has 172 valence electrons. The number of benzene rings is 3. The average Bonchev–Trinajstić information content (AvgIpc) is 2.79. The van der Waals surface area contributed by atoms with E-state index in [4.69, 9.17) is 4.74 Å². The monoisotopic (exact) mass is 444 g/mol. The number of ether oxygens (including phenoxy) is 1. The standard InChI is InChI=1S/C28H32N2O3/c1-28(2,3)33-27(32)30-18-17-29(16-15-21-9-5-4-6-10-21)26(31)25(30)20-22-13-14-23-11-7-8-12-24(23)19-22/h4-14,19,25H,15-18,20H2,1-3H3. The minimum atomic E-state index is -0.613. The summed E-state index contributed by atoms with van der Waals surface area (Å²) >= 11 is 0. The van der Waals surface area contributed by atoms with Crippen LogP contribution in [-0.2, 0) is 22.4 Å². The molecule has 0 N–H and O–H groups in total. The first-order valence-electron chi connectivity index (χ1n) is 11.6. The Morgan fingerprint density at radius 1 is 0.909 bits per heavy atom. The molecule has 0 aromatic heterocycles. The summed E-state index contributed by atoms with van der Waals surface area (Å²) in [7, 11) is 0. The topological polar surface area (TPSA) is 49.9 Å². The molecule has 2 amide bonds. The lowest BCUT2D eigenvalue weighted by atomic mass is 9.98. The molecule has 5 heteroatoms. The Balaban J connectivity index is 1.55. The zero-order valence-electron chi connectivity index (χ0n) is 19.7. The first-order chi connectivity index (χ1) is 15.8. The van der Waals surface area contributed by atoms with Gasteiger partial charge in [0.05, 0.1) is 0 Å². The maximum atomic E-state index is 13.6. The average molecular weight is 445 g/mol. The second-order valence-corrected chi connectivity index (χ2v) is 9.64. The SMILES string of the molecule is CC(C)(C)OC(=O)N1CCN(CCc2ccccc2)C(=O)C1Cc1ccc2ccccc2c1. The van der Waals surface area contributed by atoms with Crippen LogP contribution >= 0.6 is 0 Å². The molecule has 33 heavy (non-hydrogen) atoms. The fourth-order valence-electron chi connectivity index (χ4n) is 4.29. The molecule has 1 aliphatic heterocycles. The van der Waals surface area contributed by atoms with Gasteiger partial charge in [-0.3, -0.25) is 9.69 Å².